The molecule has 1 aliphatic heterocycles. The highest BCUT2D eigenvalue weighted by molar-refractivity contribution is 5.94. The van der Waals surface area contributed by atoms with Crippen LogP contribution in [0.1, 0.15) is 42.6 Å². The van der Waals surface area contributed by atoms with Crippen LogP contribution in [-0.4, -0.2) is 66.3 Å². The summed E-state index contributed by atoms with van der Waals surface area (Å²) in [7, 11) is 1.95. The Hall–Kier alpha value is -1.88. The first-order valence-electron chi connectivity index (χ1n) is 8.89. The van der Waals surface area contributed by atoms with Crippen LogP contribution in [0, 0.1) is 0 Å². The Bertz CT molecular complexity index is 546. The third kappa shape index (κ3) is 4.81. The highest BCUT2D eigenvalue weighted by atomic mass is 16.2. The van der Waals surface area contributed by atoms with Gasteiger partial charge in [-0.25, -0.2) is 0 Å². The van der Waals surface area contributed by atoms with Crippen LogP contribution in [0.25, 0.3) is 0 Å². The number of benzene rings is 1. The van der Waals surface area contributed by atoms with Gasteiger partial charge in [0.1, 0.15) is 0 Å². The highest BCUT2D eigenvalue weighted by Crippen LogP contribution is 2.14. The molecule has 24 heavy (non-hydrogen) atoms. The van der Waals surface area contributed by atoms with Crippen LogP contribution in [0.5, 0.6) is 0 Å². The number of likely N-dealkylation sites (tertiary alicyclic amines) is 1. The Morgan fingerprint density at radius 2 is 1.62 bits per heavy atom. The largest absolute Gasteiger partial charge is 0.342 e. The standard InChI is InChI=1S/C19H29N3O2/c1-4-21(5-2)18(23)15-20(3)14-16-8-10-17(11-9-16)19(24)22-12-6-7-13-22/h8-11H,4-7,12-15H2,1-3H3. The van der Waals surface area contributed by atoms with Crippen molar-refractivity contribution >= 4 is 11.8 Å². The summed E-state index contributed by atoms with van der Waals surface area (Å²) in [5.74, 6) is 0.285. The summed E-state index contributed by atoms with van der Waals surface area (Å²) in [5.41, 5.74) is 1.87. The maximum Gasteiger partial charge on any atom is 0.253 e. The van der Waals surface area contributed by atoms with Crippen molar-refractivity contribution in [3.8, 4) is 0 Å². The summed E-state index contributed by atoms with van der Waals surface area (Å²) >= 11 is 0. The van der Waals surface area contributed by atoms with E-state index in [2.05, 4.69) is 0 Å². The quantitative estimate of drug-likeness (QED) is 0.769. The molecule has 2 amide bonds. The van der Waals surface area contributed by atoms with Crippen molar-refractivity contribution in [1.29, 1.82) is 0 Å². The van der Waals surface area contributed by atoms with E-state index in [9.17, 15) is 9.59 Å². The molecule has 0 aromatic heterocycles. The van der Waals surface area contributed by atoms with Gasteiger partial charge in [-0.15, -0.1) is 0 Å². The highest BCUT2D eigenvalue weighted by Gasteiger charge is 2.19. The smallest absolute Gasteiger partial charge is 0.253 e. The lowest BCUT2D eigenvalue weighted by molar-refractivity contribution is -0.131. The summed E-state index contributed by atoms with van der Waals surface area (Å²) in [6.07, 6.45) is 2.21. The van der Waals surface area contributed by atoms with E-state index in [1.54, 1.807) is 0 Å². The Balaban J connectivity index is 1.88. The average Bonchev–Trinajstić information content (AvgIpc) is 3.10. The van der Waals surface area contributed by atoms with Crippen LogP contribution in [0.4, 0.5) is 0 Å². The van der Waals surface area contributed by atoms with Gasteiger partial charge in [-0.3, -0.25) is 14.5 Å². The second-order valence-electron chi connectivity index (χ2n) is 6.43. The van der Waals surface area contributed by atoms with E-state index in [0.29, 0.717) is 13.1 Å². The Labute approximate surface area is 145 Å². The minimum Gasteiger partial charge on any atom is -0.342 e. The third-order valence-corrected chi connectivity index (χ3v) is 4.57. The van der Waals surface area contributed by atoms with E-state index in [1.807, 2.05) is 59.9 Å². The molecule has 0 radical (unpaired) electrons. The molecule has 0 aliphatic carbocycles. The van der Waals surface area contributed by atoms with E-state index in [-0.39, 0.29) is 11.8 Å². The first-order chi connectivity index (χ1) is 11.5. The number of carbonyl (C=O) groups excluding carboxylic acids is 2. The van der Waals surface area contributed by atoms with Crippen molar-refractivity contribution in [2.75, 3.05) is 39.8 Å². The fraction of sp³-hybridized carbons (Fsp3) is 0.579. The molecule has 1 heterocycles. The predicted octanol–water partition coefficient (Wildman–Crippen LogP) is 2.22. The molecular formula is C19H29N3O2. The van der Waals surface area contributed by atoms with Gasteiger partial charge < -0.3 is 9.80 Å². The number of nitrogens with zero attached hydrogens (tertiary/aromatic N) is 3. The van der Waals surface area contributed by atoms with Crippen LogP contribution >= 0.6 is 0 Å². The summed E-state index contributed by atoms with van der Waals surface area (Å²) in [6, 6.07) is 7.77. The number of likely N-dealkylation sites (N-methyl/N-ethyl adjacent to an activating group) is 2. The van der Waals surface area contributed by atoms with E-state index in [4.69, 9.17) is 0 Å². The zero-order chi connectivity index (χ0) is 17.5. The van der Waals surface area contributed by atoms with Crippen molar-refractivity contribution in [3.63, 3.8) is 0 Å². The molecule has 0 N–H and O–H groups in total. The molecule has 1 aromatic carbocycles. The average molecular weight is 331 g/mol. The molecule has 0 saturated carbocycles. The molecule has 132 valence electrons. The van der Waals surface area contributed by atoms with E-state index in [0.717, 1.165) is 50.1 Å². The molecule has 0 unspecified atom stereocenters. The SMILES string of the molecule is CCN(CC)C(=O)CN(C)Cc1ccc(C(=O)N2CCCC2)cc1. The fourth-order valence-electron chi connectivity index (χ4n) is 3.13. The Morgan fingerprint density at radius 3 is 2.17 bits per heavy atom. The van der Waals surface area contributed by atoms with Crippen LogP contribution in [0.2, 0.25) is 0 Å². The maximum atomic E-state index is 12.3. The molecule has 5 heteroatoms. The second-order valence-corrected chi connectivity index (χ2v) is 6.43. The lowest BCUT2D eigenvalue weighted by Crippen LogP contribution is -2.38. The zero-order valence-electron chi connectivity index (χ0n) is 15.1. The zero-order valence-corrected chi connectivity index (χ0v) is 15.1. The summed E-state index contributed by atoms with van der Waals surface area (Å²) in [5, 5.41) is 0. The summed E-state index contributed by atoms with van der Waals surface area (Å²) in [6.45, 7) is 8.34. The number of hydrogen-bond acceptors (Lipinski definition) is 3. The lowest BCUT2D eigenvalue weighted by Gasteiger charge is -2.23. The topological polar surface area (TPSA) is 43.9 Å². The molecule has 1 aromatic rings. The number of amides is 2. The van der Waals surface area contributed by atoms with E-state index in [1.165, 1.54) is 0 Å². The molecule has 0 spiro atoms. The van der Waals surface area contributed by atoms with Crippen LogP contribution in [0.3, 0.4) is 0 Å². The van der Waals surface area contributed by atoms with Crippen LogP contribution in [-0.2, 0) is 11.3 Å². The van der Waals surface area contributed by atoms with Crippen molar-refractivity contribution < 1.29 is 9.59 Å². The lowest BCUT2D eigenvalue weighted by atomic mass is 10.1. The maximum absolute atomic E-state index is 12.3. The molecule has 1 saturated heterocycles. The molecule has 5 nitrogen and oxygen atoms in total. The predicted molar refractivity (Wildman–Crippen MR) is 95.8 cm³/mol. The fourth-order valence-corrected chi connectivity index (χ4v) is 3.13. The number of hydrogen-bond donors (Lipinski definition) is 0. The van der Waals surface area contributed by atoms with Gasteiger partial charge in [0, 0.05) is 38.3 Å². The van der Waals surface area contributed by atoms with Gasteiger partial charge in [-0.2, -0.15) is 0 Å². The van der Waals surface area contributed by atoms with Crippen molar-refractivity contribution in [1.82, 2.24) is 14.7 Å². The molecule has 0 atom stereocenters. The molecular weight excluding hydrogens is 302 g/mol. The first kappa shape index (κ1) is 18.5. The third-order valence-electron chi connectivity index (χ3n) is 4.57. The van der Waals surface area contributed by atoms with Gasteiger partial charge in [0.25, 0.3) is 5.91 Å². The van der Waals surface area contributed by atoms with Gasteiger partial charge in [0.05, 0.1) is 6.54 Å². The van der Waals surface area contributed by atoms with Crippen molar-refractivity contribution in [2.45, 2.75) is 33.2 Å². The summed E-state index contributed by atoms with van der Waals surface area (Å²) < 4.78 is 0. The van der Waals surface area contributed by atoms with Gasteiger partial charge in [-0.1, -0.05) is 12.1 Å². The van der Waals surface area contributed by atoms with Gasteiger partial charge in [0.15, 0.2) is 0 Å². The normalized spacial score (nSPS) is 14.2. The van der Waals surface area contributed by atoms with Crippen LogP contribution in [0.15, 0.2) is 24.3 Å². The Morgan fingerprint density at radius 1 is 1.04 bits per heavy atom. The minimum absolute atomic E-state index is 0.129. The van der Waals surface area contributed by atoms with Gasteiger partial charge >= 0.3 is 0 Å². The summed E-state index contributed by atoms with van der Waals surface area (Å²) in [4.78, 5) is 30.2. The van der Waals surface area contributed by atoms with Gasteiger partial charge in [0.2, 0.25) is 5.91 Å². The van der Waals surface area contributed by atoms with E-state index >= 15 is 0 Å². The molecule has 2 rings (SSSR count). The van der Waals surface area contributed by atoms with Crippen LogP contribution < -0.4 is 0 Å². The Kier molecular flexibility index (Phi) is 6.79. The van der Waals surface area contributed by atoms with E-state index < -0.39 is 0 Å². The molecule has 1 aliphatic rings. The second kappa shape index (κ2) is 8.83. The minimum atomic E-state index is 0.129. The first-order valence-corrected chi connectivity index (χ1v) is 8.89. The van der Waals surface area contributed by atoms with Crippen molar-refractivity contribution in [2.24, 2.45) is 0 Å². The molecule has 1 fully saturated rings. The van der Waals surface area contributed by atoms with Crippen molar-refractivity contribution in [3.05, 3.63) is 35.4 Å². The number of rotatable bonds is 7. The monoisotopic (exact) mass is 331 g/mol. The molecule has 0 bridgehead atoms. The van der Waals surface area contributed by atoms with Gasteiger partial charge in [-0.05, 0) is 51.4 Å². The number of carbonyl (C=O) groups is 2.